The lowest BCUT2D eigenvalue weighted by Crippen LogP contribution is -2.23. The summed E-state index contributed by atoms with van der Waals surface area (Å²) >= 11 is 0. The van der Waals surface area contributed by atoms with Crippen molar-refractivity contribution in [1.82, 2.24) is 4.98 Å². The van der Waals surface area contributed by atoms with Crippen molar-refractivity contribution in [2.45, 2.75) is 31.8 Å². The first-order valence-corrected chi connectivity index (χ1v) is 9.29. The number of pyridine rings is 1. The largest absolute Gasteiger partial charge is 0.394 e. The maximum atomic E-state index is 9.68. The van der Waals surface area contributed by atoms with Crippen molar-refractivity contribution in [2.24, 2.45) is 0 Å². The second-order valence-corrected chi connectivity index (χ2v) is 6.98. The summed E-state index contributed by atoms with van der Waals surface area (Å²) in [5, 5.41) is 23.0. The zero-order chi connectivity index (χ0) is 17.9. The van der Waals surface area contributed by atoms with Crippen LogP contribution in [-0.2, 0) is 12.8 Å². The number of halogens is 1. The summed E-state index contributed by atoms with van der Waals surface area (Å²) in [6.07, 6.45) is 4.07. The Morgan fingerprint density at radius 3 is 2.59 bits per heavy atom. The van der Waals surface area contributed by atoms with Gasteiger partial charge in [0.05, 0.1) is 23.9 Å². The third-order valence-corrected chi connectivity index (χ3v) is 5.10. The second kappa shape index (κ2) is 8.70. The van der Waals surface area contributed by atoms with Crippen molar-refractivity contribution in [3.63, 3.8) is 0 Å². The van der Waals surface area contributed by atoms with E-state index in [1.165, 1.54) is 30.4 Å². The van der Waals surface area contributed by atoms with Crippen LogP contribution in [-0.4, -0.2) is 34.5 Å². The van der Waals surface area contributed by atoms with Gasteiger partial charge in [-0.05, 0) is 55.0 Å². The van der Waals surface area contributed by atoms with E-state index >= 15 is 0 Å². The molecule has 1 atom stereocenters. The molecule has 0 spiro atoms. The number of hydrogen-bond acceptors (Lipinski definition) is 4. The van der Waals surface area contributed by atoms with Gasteiger partial charge in [-0.2, -0.15) is 0 Å². The van der Waals surface area contributed by atoms with E-state index in [2.05, 4.69) is 23.5 Å². The standard InChI is InChI=1S/C22H24N2O2.ClH/c25-14-18(26)13-23-22-12-21(24-20-8-4-3-7-19(20)22)17-10-9-15-5-1-2-6-16(15)11-17;/h3-4,7-12,18,25-26H,1-2,5-6,13-14H2,(H,23,24);1H. The summed E-state index contributed by atoms with van der Waals surface area (Å²) in [4.78, 5) is 4.85. The lowest BCUT2D eigenvalue weighted by molar-refractivity contribution is 0.105. The van der Waals surface area contributed by atoms with Gasteiger partial charge < -0.3 is 15.5 Å². The van der Waals surface area contributed by atoms with E-state index in [4.69, 9.17) is 10.1 Å². The Morgan fingerprint density at radius 2 is 1.78 bits per heavy atom. The van der Waals surface area contributed by atoms with Crippen LogP contribution >= 0.6 is 12.4 Å². The quantitative estimate of drug-likeness (QED) is 0.622. The number of hydrogen-bond donors (Lipinski definition) is 3. The van der Waals surface area contributed by atoms with Crippen LogP contribution in [0, 0.1) is 0 Å². The number of nitrogens with zero attached hydrogens (tertiary/aromatic N) is 1. The van der Waals surface area contributed by atoms with Gasteiger partial charge in [-0.25, -0.2) is 4.98 Å². The Morgan fingerprint density at radius 1 is 1.00 bits per heavy atom. The molecule has 0 saturated heterocycles. The van der Waals surface area contributed by atoms with E-state index in [1.54, 1.807) is 0 Å². The number of benzene rings is 2. The summed E-state index contributed by atoms with van der Waals surface area (Å²) < 4.78 is 0. The molecule has 3 N–H and O–H groups in total. The molecule has 4 rings (SSSR count). The molecule has 1 aliphatic carbocycles. The monoisotopic (exact) mass is 384 g/mol. The van der Waals surface area contributed by atoms with Gasteiger partial charge in [0.15, 0.2) is 0 Å². The van der Waals surface area contributed by atoms with Crippen molar-refractivity contribution in [2.75, 3.05) is 18.5 Å². The van der Waals surface area contributed by atoms with Crippen molar-refractivity contribution in [3.05, 3.63) is 59.7 Å². The molecule has 1 unspecified atom stereocenters. The fourth-order valence-electron chi connectivity index (χ4n) is 3.65. The van der Waals surface area contributed by atoms with E-state index in [0.29, 0.717) is 6.54 Å². The number of anilines is 1. The van der Waals surface area contributed by atoms with Crippen LogP contribution in [0.15, 0.2) is 48.5 Å². The van der Waals surface area contributed by atoms with Crippen molar-refractivity contribution in [3.8, 4) is 11.3 Å². The van der Waals surface area contributed by atoms with Gasteiger partial charge in [-0.1, -0.05) is 30.3 Å². The number of aliphatic hydroxyl groups is 2. The van der Waals surface area contributed by atoms with Crippen LogP contribution in [0.4, 0.5) is 5.69 Å². The highest BCUT2D eigenvalue weighted by atomic mass is 35.5. The predicted octanol–water partition coefficient (Wildman–Crippen LogP) is 3.97. The van der Waals surface area contributed by atoms with E-state index < -0.39 is 6.10 Å². The van der Waals surface area contributed by atoms with E-state index in [0.717, 1.165) is 34.3 Å². The maximum absolute atomic E-state index is 9.68. The topological polar surface area (TPSA) is 65.4 Å². The number of aromatic nitrogens is 1. The molecule has 1 aliphatic rings. The molecule has 0 amide bonds. The van der Waals surface area contributed by atoms with Gasteiger partial charge in [-0.3, -0.25) is 0 Å². The molecule has 3 aromatic rings. The fourth-order valence-corrected chi connectivity index (χ4v) is 3.65. The molecule has 27 heavy (non-hydrogen) atoms. The van der Waals surface area contributed by atoms with Crippen molar-refractivity contribution < 1.29 is 10.2 Å². The van der Waals surface area contributed by atoms with Crippen LogP contribution in [0.3, 0.4) is 0 Å². The van der Waals surface area contributed by atoms with E-state index in [1.807, 2.05) is 30.3 Å². The number of para-hydroxylation sites is 1. The Kier molecular flexibility index (Phi) is 6.32. The lowest BCUT2D eigenvalue weighted by Gasteiger charge is -2.17. The predicted molar refractivity (Wildman–Crippen MR) is 113 cm³/mol. The maximum Gasteiger partial charge on any atom is 0.0942 e. The molecule has 0 fully saturated rings. The van der Waals surface area contributed by atoms with Crippen LogP contribution in [0.2, 0.25) is 0 Å². The number of nitrogens with one attached hydrogen (secondary N) is 1. The SMILES string of the molecule is Cl.OCC(O)CNc1cc(-c2ccc3c(c2)CCCC3)nc2ccccc12. The molecule has 4 nitrogen and oxygen atoms in total. The van der Waals surface area contributed by atoms with Gasteiger partial charge in [0.2, 0.25) is 0 Å². The third-order valence-electron chi connectivity index (χ3n) is 5.10. The van der Waals surface area contributed by atoms with E-state index in [9.17, 15) is 5.11 Å². The molecule has 1 heterocycles. The minimum Gasteiger partial charge on any atom is -0.394 e. The average Bonchev–Trinajstić information content (AvgIpc) is 2.71. The van der Waals surface area contributed by atoms with Crippen molar-refractivity contribution in [1.29, 1.82) is 0 Å². The average molecular weight is 385 g/mol. The highest BCUT2D eigenvalue weighted by Crippen LogP contribution is 2.31. The van der Waals surface area contributed by atoms with Crippen LogP contribution < -0.4 is 5.32 Å². The molecular weight excluding hydrogens is 360 g/mol. The van der Waals surface area contributed by atoms with Gasteiger partial charge in [0.1, 0.15) is 0 Å². The van der Waals surface area contributed by atoms with Crippen molar-refractivity contribution >= 4 is 29.0 Å². The molecule has 142 valence electrons. The zero-order valence-corrected chi connectivity index (χ0v) is 16.0. The molecule has 2 aromatic carbocycles. The Bertz CT molecular complexity index is 929. The minimum absolute atomic E-state index is 0. The van der Waals surface area contributed by atoms with Gasteiger partial charge >= 0.3 is 0 Å². The third kappa shape index (κ3) is 4.24. The first kappa shape index (κ1) is 19.6. The van der Waals surface area contributed by atoms with Gasteiger partial charge in [-0.15, -0.1) is 12.4 Å². The minimum atomic E-state index is -0.783. The number of fused-ring (bicyclic) bond motifs is 2. The smallest absolute Gasteiger partial charge is 0.0942 e. The summed E-state index contributed by atoms with van der Waals surface area (Å²) in [7, 11) is 0. The van der Waals surface area contributed by atoms with Gasteiger partial charge in [0.25, 0.3) is 0 Å². The Balaban J connectivity index is 0.00000210. The normalized spacial score (nSPS) is 14.3. The van der Waals surface area contributed by atoms with Crippen LogP contribution in [0.1, 0.15) is 24.0 Å². The molecule has 0 saturated carbocycles. The molecule has 0 radical (unpaired) electrons. The van der Waals surface area contributed by atoms with Crippen LogP contribution in [0.25, 0.3) is 22.2 Å². The highest BCUT2D eigenvalue weighted by Gasteiger charge is 2.13. The second-order valence-electron chi connectivity index (χ2n) is 6.98. The summed E-state index contributed by atoms with van der Waals surface area (Å²) in [5.41, 5.74) is 6.80. The summed E-state index contributed by atoms with van der Waals surface area (Å²) in [6, 6.07) is 16.7. The summed E-state index contributed by atoms with van der Waals surface area (Å²) in [6.45, 7) is 0.0435. The highest BCUT2D eigenvalue weighted by molar-refractivity contribution is 5.93. The number of rotatable bonds is 5. The zero-order valence-electron chi connectivity index (χ0n) is 15.2. The number of aliphatic hydroxyl groups excluding tert-OH is 2. The molecule has 1 aromatic heterocycles. The van der Waals surface area contributed by atoms with Gasteiger partial charge in [0, 0.05) is 23.2 Å². The molecule has 5 heteroatoms. The summed E-state index contributed by atoms with van der Waals surface area (Å²) in [5.74, 6) is 0. The van der Waals surface area contributed by atoms with Crippen LogP contribution in [0.5, 0.6) is 0 Å². The lowest BCUT2D eigenvalue weighted by atomic mass is 9.90. The molecule has 0 aliphatic heterocycles. The first-order valence-electron chi connectivity index (χ1n) is 9.29. The first-order chi connectivity index (χ1) is 12.7. The Labute approximate surface area is 165 Å². The molecule has 0 bridgehead atoms. The molecular formula is C22H25ClN2O2. The Hall–Kier alpha value is -2.14. The fraction of sp³-hybridized carbons (Fsp3) is 0.318. The van der Waals surface area contributed by atoms with E-state index in [-0.39, 0.29) is 19.0 Å². The number of aryl methyl sites for hydroxylation is 2.